The monoisotopic (exact) mass is 231 g/mol. The van der Waals surface area contributed by atoms with Gasteiger partial charge in [0.25, 0.3) is 0 Å². The molecule has 1 aromatic carbocycles. The molecular weight excluding hydrogens is 223 g/mol. The van der Waals surface area contributed by atoms with Crippen molar-refractivity contribution in [2.24, 2.45) is 5.11 Å². The molecule has 0 saturated heterocycles. The summed E-state index contributed by atoms with van der Waals surface area (Å²) < 4.78 is 0. The predicted octanol–water partition coefficient (Wildman–Crippen LogP) is 3.28. The molecule has 0 atom stereocenters. The minimum Gasteiger partial charge on any atom is -0.384 e. The van der Waals surface area contributed by atoms with E-state index < -0.39 is 0 Å². The summed E-state index contributed by atoms with van der Waals surface area (Å²) in [6, 6.07) is 8.11. The van der Waals surface area contributed by atoms with Crippen molar-refractivity contribution in [3.05, 3.63) is 39.7 Å². The van der Waals surface area contributed by atoms with Crippen molar-refractivity contribution in [2.45, 2.75) is 0 Å². The largest absolute Gasteiger partial charge is 0.384 e. The van der Waals surface area contributed by atoms with Gasteiger partial charge in [-0.15, -0.1) is 12.4 Å². The molecule has 0 saturated carbocycles. The van der Waals surface area contributed by atoms with Gasteiger partial charge in [-0.25, -0.2) is 0 Å². The number of rotatable bonds is 4. The van der Waals surface area contributed by atoms with Crippen molar-refractivity contribution in [1.29, 1.82) is 0 Å². The zero-order chi connectivity index (χ0) is 9.52. The highest BCUT2D eigenvalue weighted by Gasteiger charge is 1.95. The fourth-order valence-electron chi connectivity index (χ4n) is 0.839. The van der Waals surface area contributed by atoms with Crippen LogP contribution in [-0.2, 0) is 0 Å². The normalized spacial score (nSPS) is 8.36. The predicted molar refractivity (Wildman–Crippen MR) is 60.0 cm³/mol. The number of nitrogens with zero attached hydrogens (tertiary/aromatic N) is 3. The minimum atomic E-state index is 0. The molecule has 4 nitrogen and oxygen atoms in total. The molecule has 0 fully saturated rings. The highest BCUT2D eigenvalue weighted by Crippen LogP contribution is 2.19. The zero-order valence-corrected chi connectivity index (χ0v) is 8.85. The minimum absolute atomic E-state index is 0. The third-order valence-corrected chi connectivity index (χ3v) is 1.72. The molecule has 0 aromatic heterocycles. The Kier molecular flexibility index (Phi) is 6.76. The highest BCUT2D eigenvalue weighted by molar-refractivity contribution is 6.33. The van der Waals surface area contributed by atoms with Crippen LogP contribution in [0.15, 0.2) is 23.3 Å². The molecule has 0 unspecified atom stereocenters. The van der Waals surface area contributed by atoms with Gasteiger partial charge in [0.2, 0.25) is 0 Å². The van der Waals surface area contributed by atoms with Crippen molar-refractivity contribution in [3.8, 4) is 0 Å². The van der Waals surface area contributed by atoms with Crippen LogP contribution in [-0.4, -0.2) is 13.1 Å². The van der Waals surface area contributed by atoms with Crippen LogP contribution >= 0.6 is 24.0 Å². The van der Waals surface area contributed by atoms with Crippen molar-refractivity contribution in [1.82, 2.24) is 0 Å². The van der Waals surface area contributed by atoms with Crippen LogP contribution in [0.2, 0.25) is 5.02 Å². The molecule has 1 aromatic rings. The Hall–Kier alpha value is -1.09. The van der Waals surface area contributed by atoms with Gasteiger partial charge in [-0.1, -0.05) is 22.8 Å². The summed E-state index contributed by atoms with van der Waals surface area (Å²) in [7, 11) is 0. The first kappa shape index (κ1) is 12.9. The molecule has 1 radical (unpaired) electrons. The second-order valence-corrected chi connectivity index (χ2v) is 2.69. The lowest BCUT2D eigenvalue weighted by Gasteiger charge is -2.04. The summed E-state index contributed by atoms with van der Waals surface area (Å²) >= 11 is 5.84. The Balaban J connectivity index is 0.00000169. The molecule has 1 rings (SSSR count). The van der Waals surface area contributed by atoms with Gasteiger partial charge in [0.1, 0.15) is 0 Å². The fraction of sp³-hybridized carbons (Fsp3) is 0.250. The smallest absolute Gasteiger partial charge is 0.0643 e. The first-order chi connectivity index (χ1) is 6.34. The maximum absolute atomic E-state index is 8.02. The summed E-state index contributed by atoms with van der Waals surface area (Å²) in [6.07, 6.45) is 0. The van der Waals surface area contributed by atoms with Crippen LogP contribution in [0.5, 0.6) is 0 Å². The summed E-state index contributed by atoms with van der Waals surface area (Å²) in [5, 5.41) is 7.03. The van der Waals surface area contributed by atoms with Gasteiger partial charge in [-0.2, -0.15) is 0 Å². The van der Waals surface area contributed by atoms with E-state index in [2.05, 4.69) is 21.4 Å². The topological polar surface area (TPSA) is 60.8 Å². The Morgan fingerprint density at radius 1 is 1.64 bits per heavy atom. The van der Waals surface area contributed by atoms with Crippen molar-refractivity contribution < 1.29 is 0 Å². The first-order valence-electron chi connectivity index (χ1n) is 3.75. The molecule has 0 aliphatic rings. The van der Waals surface area contributed by atoms with Gasteiger partial charge in [0, 0.05) is 18.0 Å². The quantitative estimate of drug-likeness (QED) is 0.368. The second kappa shape index (κ2) is 7.33. The van der Waals surface area contributed by atoms with Crippen molar-refractivity contribution >= 4 is 29.7 Å². The molecule has 0 heterocycles. The highest BCUT2D eigenvalue weighted by atomic mass is 35.5. The summed E-state index contributed by atoms with van der Waals surface area (Å²) in [6.45, 7) is 0.985. The van der Waals surface area contributed by atoms with Crippen LogP contribution in [0.25, 0.3) is 10.4 Å². The number of anilines is 1. The van der Waals surface area contributed by atoms with E-state index in [1.54, 1.807) is 12.1 Å². The molecule has 75 valence electrons. The average molecular weight is 232 g/mol. The summed E-state index contributed by atoms with van der Waals surface area (Å²) in [4.78, 5) is 2.64. The van der Waals surface area contributed by atoms with Crippen LogP contribution < -0.4 is 5.32 Å². The van der Waals surface area contributed by atoms with Gasteiger partial charge in [-0.3, -0.25) is 0 Å². The van der Waals surface area contributed by atoms with E-state index in [0.29, 0.717) is 18.1 Å². The van der Waals surface area contributed by atoms with E-state index in [-0.39, 0.29) is 12.4 Å². The fourth-order valence-corrected chi connectivity index (χ4v) is 1.03. The second-order valence-electron chi connectivity index (χ2n) is 2.29. The zero-order valence-electron chi connectivity index (χ0n) is 7.27. The lowest BCUT2D eigenvalue weighted by atomic mass is 10.3. The van der Waals surface area contributed by atoms with Gasteiger partial charge in [-0.05, 0) is 23.7 Å². The van der Waals surface area contributed by atoms with Crippen LogP contribution in [0.4, 0.5) is 5.69 Å². The Labute approximate surface area is 93.3 Å². The average Bonchev–Trinajstić information content (AvgIpc) is 2.15. The Morgan fingerprint density at radius 2 is 2.43 bits per heavy atom. The van der Waals surface area contributed by atoms with E-state index in [9.17, 15) is 0 Å². The lowest BCUT2D eigenvalue weighted by Crippen LogP contribution is -2.04. The number of benzene rings is 1. The Morgan fingerprint density at radius 3 is 3.07 bits per heavy atom. The molecule has 1 N–H and O–H groups in total. The standard InChI is InChI=1S/C8H8ClN4.ClH/c9-7-3-1-2-4-8(7)11-5-6-12-13-10;/h2-4,11H,5-6H2;1H. The third-order valence-electron chi connectivity index (χ3n) is 1.40. The number of nitrogens with one attached hydrogen (secondary N) is 1. The molecular formula is C8H9Cl2N4. The van der Waals surface area contributed by atoms with Gasteiger partial charge >= 0.3 is 0 Å². The first-order valence-corrected chi connectivity index (χ1v) is 4.12. The summed E-state index contributed by atoms with van der Waals surface area (Å²) in [5.74, 6) is 0. The Bertz CT molecular complexity index is 323. The van der Waals surface area contributed by atoms with E-state index in [1.807, 2.05) is 6.07 Å². The number of hydrogen-bond donors (Lipinski definition) is 1. The van der Waals surface area contributed by atoms with Gasteiger partial charge < -0.3 is 5.32 Å². The molecule has 0 bridgehead atoms. The van der Waals surface area contributed by atoms with Crippen LogP contribution in [0.1, 0.15) is 0 Å². The van der Waals surface area contributed by atoms with Crippen molar-refractivity contribution in [3.63, 3.8) is 0 Å². The third kappa shape index (κ3) is 4.23. The van der Waals surface area contributed by atoms with E-state index >= 15 is 0 Å². The van der Waals surface area contributed by atoms with Crippen molar-refractivity contribution in [2.75, 3.05) is 18.4 Å². The molecule has 6 heteroatoms. The molecule has 0 amide bonds. The number of azide groups is 1. The molecule has 0 spiro atoms. The molecule has 0 aliphatic carbocycles. The number of hydrogen-bond acceptors (Lipinski definition) is 2. The van der Waals surface area contributed by atoms with Crippen LogP contribution in [0, 0.1) is 6.07 Å². The maximum Gasteiger partial charge on any atom is 0.0643 e. The maximum atomic E-state index is 8.02. The molecule has 14 heavy (non-hydrogen) atoms. The number of halogens is 2. The van der Waals surface area contributed by atoms with E-state index in [1.165, 1.54) is 0 Å². The van der Waals surface area contributed by atoms with E-state index in [0.717, 1.165) is 5.69 Å². The summed E-state index contributed by atoms with van der Waals surface area (Å²) in [5.41, 5.74) is 8.84. The molecule has 0 aliphatic heterocycles. The van der Waals surface area contributed by atoms with Gasteiger partial charge in [0.15, 0.2) is 0 Å². The van der Waals surface area contributed by atoms with E-state index in [4.69, 9.17) is 17.1 Å². The lowest BCUT2D eigenvalue weighted by molar-refractivity contribution is 1.01. The van der Waals surface area contributed by atoms with Crippen LogP contribution in [0.3, 0.4) is 0 Å². The van der Waals surface area contributed by atoms with Gasteiger partial charge in [0.05, 0.1) is 10.7 Å². The SMILES string of the molecule is Cl.[N-]=[N+]=NCCNc1cc[c]cc1Cl.